The van der Waals surface area contributed by atoms with Crippen molar-refractivity contribution in [3.8, 4) is 0 Å². The summed E-state index contributed by atoms with van der Waals surface area (Å²) in [4.78, 5) is 25.9. The number of carboxylic acid groups (broad SMARTS) is 1. The Bertz CT molecular complexity index is 949. The van der Waals surface area contributed by atoms with Crippen LogP contribution in [0.5, 0.6) is 0 Å². The summed E-state index contributed by atoms with van der Waals surface area (Å²) >= 11 is 0. The highest BCUT2D eigenvalue weighted by molar-refractivity contribution is 5.93. The molecule has 138 valence electrons. The Hall–Kier alpha value is -2.41. The van der Waals surface area contributed by atoms with E-state index in [9.17, 15) is 19.1 Å². The maximum atomic E-state index is 14.8. The van der Waals surface area contributed by atoms with Crippen LogP contribution in [0.15, 0.2) is 23.1 Å². The molecular formula is C19H22FN3O3. The SMILES string of the molecule is CC(N)[C@@H]1CCN(c2cc3c(cc2F)c(=O)c(C(=O)O)cn3C2CC2)C1. The van der Waals surface area contributed by atoms with Gasteiger partial charge in [-0.3, -0.25) is 4.79 Å². The van der Waals surface area contributed by atoms with E-state index in [4.69, 9.17) is 5.73 Å². The summed E-state index contributed by atoms with van der Waals surface area (Å²) in [6.45, 7) is 3.36. The highest BCUT2D eigenvalue weighted by Crippen LogP contribution is 2.38. The third-order valence-corrected chi connectivity index (χ3v) is 5.58. The van der Waals surface area contributed by atoms with E-state index in [-0.39, 0.29) is 23.0 Å². The number of halogens is 1. The largest absolute Gasteiger partial charge is 0.477 e. The van der Waals surface area contributed by atoms with Crippen LogP contribution in [-0.4, -0.2) is 34.8 Å². The Morgan fingerprint density at radius 3 is 2.65 bits per heavy atom. The van der Waals surface area contributed by atoms with E-state index >= 15 is 0 Å². The van der Waals surface area contributed by atoms with Crippen molar-refractivity contribution in [2.45, 2.75) is 38.3 Å². The fourth-order valence-corrected chi connectivity index (χ4v) is 3.84. The van der Waals surface area contributed by atoms with E-state index in [2.05, 4.69) is 0 Å². The van der Waals surface area contributed by atoms with Crippen LogP contribution in [0.2, 0.25) is 0 Å². The van der Waals surface area contributed by atoms with Crippen LogP contribution >= 0.6 is 0 Å². The zero-order chi connectivity index (χ0) is 18.6. The van der Waals surface area contributed by atoms with Gasteiger partial charge in [0.1, 0.15) is 11.4 Å². The number of benzene rings is 1. The summed E-state index contributed by atoms with van der Waals surface area (Å²) in [5.41, 5.74) is 6.09. The molecule has 1 aromatic carbocycles. The van der Waals surface area contributed by atoms with Crippen LogP contribution < -0.4 is 16.1 Å². The highest BCUT2D eigenvalue weighted by Gasteiger charge is 2.30. The van der Waals surface area contributed by atoms with Gasteiger partial charge < -0.3 is 20.3 Å². The highest BCUT2D eigenvalue weighted by atomic mass is 19.1. The third kappa shape index (κ3) is 2.76. The smallest absolute Gasteiger partial charge is 0.341 e. The normalized spacial score (nSPS) is 21.3. The zero-order valence-corrected chi connectivity index (χ0v) is 14.6. The molecule has 1 aromatic heterocycles. The van der Waals surface area contributed by atoms with Crippen LogP contribution in [0.25, 0.3) is 10.9 Å². The van der Waals surface area contributed by atoms with Crippen LogP contribution in [0.4, 0.5) is 10.1 Å². The Kier molecular flexibility index (Phi) is 3.99. The molecule has 7 heteroatoms. The van der Waals surface area contributed by atoms with Crippen molar-refractivity contribution in [1.82, 2.24) is 4.57 Å². The van der Waals surface area contributed by atoms with Crippen LogP contribution in [-0.2, 0) is 0 Å². The third-order valence-electron chi connectivity index (χ3n) is 5.58. The number of rotatable bonds is 4. The zero-order valence-electron chi connectivity index (χ0n) is 14.6. The van der Waals surface area contributed by atoms with E-state index < -0.39 is 17.2 Å². The van der Waals surface area contributed by atoms with Gasteiger partial charge in [0.05, 0.1) is 11.2 Å². The van der Waals surface area contributed by atoms with Gasteiger partial charge in [-0.1, -0.05) is 0 Å². The number of aromatic nitrogens is 1. The number of nitrogens with two attached hydrogens (primary N) is 1. The van der Waals surface area contributed by atoms with Gasteiger partial charge in [-0.15, -0.1) is 0 Å². The van der Waals surface area contributed by atoms with E-state index in [1.54, 1.807) is 6.07 Å². The fraction of sp³-hybridized carbons (Fsp3) is 0.474. The van der Waals surface area contributed by atoms with Crippen molar-refractivity contribution in [2.75, 3.05) is 18.0 Å². The molecule has 1 saturated carbocycles. The summed E-state index contributed by atoms with van der Waals surface area (Å²) in [6.07, 6.45) is 4.17. The fourth-order valence-electron chi connectivity index (χ4n) is 3.84. The lowest BCUT2D eigenvalue weighted by Crippen LogP contribution is -2.30. The second-order valence-electron chi connectivity index (χ2n) is 7.49. The quantitative estimate of drug-likeness (QED) is 0.875. The minimum atomic E-state index is -1.28. The molecule has 4 rings (SSSR count). The molecule has 0 spiro atoms. The number of pyridine rings is 1. The molecule has 2 aromatic rings. The number of hydrogen-bond donors (Lipinski definition) is 2. The minimum Gasteiger partial charge on any atom is -0.477 e. The number of fused-ring (bicyclic) bond motifs is 1. The molecule has 3 N–H and O–H groups in total. The lowest BCUT2D eigenvalue weighted by Gasteiger charge is -2.22. The molecule has 2 fully saturated rings. The van der Waals surface area contributed by atoms with Crippen molar-refractivity contribution in [3.63, 3.8) is 0 Å². The molecule has 26 heavy (non-hydrogen) atoms. The molecule has 2 aliphatic rings. The topological polar surface area (TPSA) is 88.6 Å². The summed E-state index contributed by atoms with van der Waals surface area (Å²) < 4.78 is 16.6. The number of nitrogens with zero attached hydrogens (tertiary/aromatic N) is 2. The Balaban J connectivity index is 1.86. The number of carbonyl (C=O) groups is 1. The summed E-state index contributed by atoms with van der Waals surface area (Å²) in [7, 11) is 0. The standard InChI is InChI=1S/C19H22FN3O3/c1-10(21)11-4-5-22(8-11)17-7-16-13(6-15(17)20)18(24)14(19(25)26)9-23(16)12-2-3-12/h6-7,9-12H,2-5,8,21H2,1H3,(H,25,26)/t10?,11-/m1/s1. The average Bonchev–Trinajstić information content (AvgIpc) is 3.30. The first-order valence-electron chi connectivity index (χ1n) is 8.99. The van der Waals surface area contributed by atoms with Crippen molar-refractivity contribution in [1.29, 1.82) is 0 Å². The van der Waals surface area contributed by atoms with Crippen LogP contribution in [0, 0.1) is 11.7 Å². The first-order valence-corrected chi connectivity index (χ1v) is 8.99. The Labute approximate surface area is 150 Å². The number of hydrogen-bond acceptors (Lipinski definition) is 4. The lowest BCUT2D eigenvalue weighted by molar-refractivity contribution is 0.0695. The second-order valence-corrected chi connectivity index (χ2v) is 7.49. The van der Waals surface area contributed by atoms with Gasteiger partial charge in [-0.05, 0) is 44.2 Å². The lowest BCUT2D eigenvalue weighted by atomic mass is 10.0. The molecule has 1 aliphatic carbocycles. The predicted molar refractivity (Wildman–Crippen MR) is 97.4 cm³/mol. The Morgan fingerprint density at radius 2 is 2.08 bits per heavy atom. The Morgan fingerprint density at radius 1 is 1.35 bits per heavy atom. The summed E-state index contributed by atoms with van der Waals surface area (Å²) in [6, 6.07) is 3.10. The van der Waals surface area contributed by atoms with Gasteiger partial charge in [0.15, 0.2) is 0 Å². The van der Waals surface area contributed by atoms with Crippen molar-refractivity contribution in [2.24, 2.45) is 11.7 Å². The second kappa shape index (κ2) is 6.09. The molecule has 0 bridgehead atoms. The van der Waals surface area contributed by atoms with Gasteiger partial charge in [-0.2, -0.15) is 0 Å². The van der Waals surface area contributed by atoms with Gasteiger partial charge in [0.25, 0.3) is 0 Å². The van der Waals surface area contributed by atoms with Gasteiger partial charge in [0, 0.05) is 36.8 Å². The monoisotopic (exact) mass is 359 g/mol. The number of anilines is 1. The van der Waals surface area contributed by atoms with E-state index in [1.165, 1.54) is 12.3 Å². The molecule has 0 amide bonds. The summed E-state index contributed by atoms with van der Waals surface area (Å²) in [5.74, 6) is -1.47. The molecule has 6 nitrogen and oxygen atoms in total. The van der Waals surface area contributed by atoms with Crippen molar-refractivity contribution < 1.29 is 14.3 Å². The van der Waals surface area contributed by atoms with Gasteiger partial charge in [-0.25, -0.2) is 9.18 Å². The molecule has 1 aliphatic heterocycles. The molecule has 2 heterocycles. The summed E-state index contributed by atoms with van der Waals surface area (Å²) in [5, 5.41) is 9.43. The first kappa shape index (κ1) is 17.0. The van der Waals surface area contributed by atoms with Gasteiger partial charge in [0.2, 0.25) is 5.43 Å². The maximum Gasteiger partial charge on any atom is 0.341 e. The number of aromatic carboxylic acids is 1. The molecule has 0 radical (unpaired) electrons. The van der Waals surface area contributed by atoms with Crippen LogP contribution in [0.1, 0.15) is 42.6 Å². The van der Waals surface area contributed by atoms with Crippen molar-refractivity contribution in [3.05, 3.63) is 39.9 Å². The number of carboxylic acids is 1. The minimum absolute atomic E-state index is 0.0475. The van der Waals surface area contributed by atoms with Crippen LogP contribution in [0.3, 0.4) is 0 Å². The maximum absolute atomic E-state index is 14.8. The molecule has 1 saturated heterocycles. The van der Waals surface area contributed by atoms with E-state index in [0.717, 1.165) is 25.8 Å². The molecular weight excluding hydrogens is 337 g/mol. The molecule has 1 unspecified atom stereocenters. The average molecular weight is 359 g/mol. The van der Waals surface area contributed by atoms with E-state index in [0.29, 0.717) is 23.7 Å². The van der Waals surface area contributed by atoms with Gasteiger partial charge >= 0.3 is 5.97 Å². The first-order chi connectivity index (χ1) is 12.4. The predicted octanol–water partition coefficient (Wildman–Crippen LogP) is 2.35. The van der Waals surface area contributed by atoms with E-state index in [1.807, 2.05) is 16.4 Å². The molecule has 2 atom stereocenters. The van der Waals surface area contributed by atoms with Crippen molar-refractivity contribution >= 4 is 22.6 Å².